The molecule has 2 rings (SSSR count). The lowest BCUT2D eigenvalue weighted by molar-refractivity contribution is 1.10. The van der Waals surface area contributed by atoms with Crippen molar-refractivity contribution >= 4 is 5.57 Å². The van der Waals surface area contributed by atoms with E-state index in [0.717, 1.165) is 6.42 Å². The van der Waals surface area contributed by atoms with Crippen LogP contribution in [0.25, 0.3) is 5.57 Å². The van der Waals surface area contributed by atoms with Gasteiger partial charge in [0.2, 0.25) is 0 Å². The number of hydrogen-bond donors (Lipinski definition) is 0. The van der Waals surface area contributed by atoms with Crippen molar-refractivity contribution in [2.45, 2.75) is 68.7 Å². The standard InChI is InChI=1S/C14H16.C10H14.2C2H6/c1-4-6-7-13(5-2)14-10-8-12(3)9-11-14;1-4-10-6-5-8(2)7-9(10)3;2*1-2/h4-11H,1H2,2-3H3;5-7H,4H2,1-3H3;2*1-2H3/b7-6-,13-5+;;;. The SMILES string of the molecule is C=C/C=C\C(=C/C)c1ccc(C)cc1.CC.CC.CCc1ccc(C)cc1C. The van der Waals surface area contributed by atoms with Gasteiger partial charge in [0.15, 0.2) is 0 Å². The van der Waals surface area contributed by atoms with E-state index in [4.69, 9.17) is 0 Å². The van der Waals surface area contributed by atoms with E-state index in [1.54, 1.807) is 6.08 Å². The van der Waals surface area contributed by atoms with Gasteiger partial charge in [0.1, 0.15) is 0 Å². The zero-order valence-electron chi connectivity index (χ0n) is 19.8. The zero-order chi connectivity index (χ0) is 21.9. The largest absolute Gasteiger partial charge is 0.0991 e. The maximum atomic E-state index is 3.66. The molecule has 0 heteroatoms. The van der Waals surface area contributed by atoms with Gasteiger partial charge in [-0.05, 0) is 56.4 Å². The van der Waals surface area contributed by atoms with Crippen LogP contribution in [0.15, 0.2) is 73.3 Å². The summed E-state index contributed by atoms with van der Waals surface area (Å²) in [5.74, 6) is 0. The Bertz CT molecular complexity index is 697. The van der Waals surface area contributed by atoms with Crippen LogP contribution >= 0.6 is 0 Å². The highest BCUT2D eigenvalue weighted by molar-refractivity contribution is 5.74. The second-order valence-corrected chi connectivity index (χ2v) is 5.99. The van der Waals surface area contributed by atoms with E-state index in [0.29, 0.717) is 0 Å². The Morgan fingerprint density at radius 1 is 0.857 bits per heavy atom. The van der Waals surface area contributed by atoms with Crippen LogP contribution in [0.3, 0.4) is 0 Å². The Kier molecular flexibility index (Phi) is 18.0. The maximum Gasteiger partial charge on any atom is -0.0187 e. The molecule has 0 aliphatic rings. The van der Waals surface area contributed by atoms with Crippen LogP contribution in [0.1, 0.15) is 69.4 Å². The molecule has 0 saturated carbocycles. The molecular formula is C28H42. The molecule has 28 heavy (non-hydrogen) atoms. The van der Waals surface area contributed by atoms with E-state index < -0.39 is 0 Å². The third kappa shape index (κ3) is 11.4. The number of benzene rings is 2. The van der Waals surface area contributed by atoms with Crippen LogP contribution in [0.4, 0.5) is 0 Å². The first kappa shape index (κ1) is 27.9. The second kappa shape index (κ2) is 18.0. The van der Waals surface area contributed by atoms with Crippen molar-refractivity contribution in [2.75, 3.05) is 0 Å². The average Bonchev–Trinajstić information content (AvgIpc) is 2.73. The van der Waals surface area contributed by atoms with E-state index in [1.165, 1.54) is 33.4 Å². The van der Waals surface area contributed by atoms with Gasteiger partial charge in [0, 0.05) is 0 Å². The second-order valence-electron chi connectivity index (χ2n) is 5.99. The molecule has 0 bridgehead atoms. The lowest BCUT2D eigenvalue weighted by Crippen LogP contribution is -1.85. The van der Waals surface area contributed by atoms with Crippen molar-refractivity contribution < 1.29 is 0 Å². The van der Waals surface area contributed by atoms with Gasteiger partial charge in [0.25, 0.3) is 0 Å². The van der Waals surface area contributed by atoms with Crippen molar-refractivity contribution in [2.24, 2.45) is 0 Å². The van der Waals surface area contributed by atoms with E-state index >= 15 is 0 Å². The fourth-order valence-electron chi connectivity index (χ4n) is 2.52. The summed E-state index contributed by atoms with van der Waals surface area (Å²) >= 11 is 0. The molecule has 0 N–H and O–H groups in total. The lowest BCUT2D eigenvalue weighted by atomic mass is 10.0. The van der Waals surface area contributed by atoms with E-state index in [9.17, 15) is 0 Å². The first-order chi connectivity index (χ1) is 13.5. The third-order valence-electron chi connectivity index (χ3n) is 3.99. The summed E-state index contributed by atoms with van der Waals surface area (Å²) in [4.78, 5) is 0. The molecule has 0 amide bonds. The fraction of sp³-hybridized carbons (Fsp3) is 0.357. The van der Waals surface area contributed by atoms with Crippen LogP contribution in [0.2, 0.25) is 0 Å². The zero-order valence-corrected chi connectivity index (χ0v) is 19.8. The van der Waals surface area contributed by atoms with Crippen molar-refractivity contribution in [1.29, 1.82) is 0 Å². The number of allylic oxidation sites excluding steroid dienone is 5. The normalized spacial score (nSPS) is 9.96. The molecule has 2 aromatic carbocycles. The molecule has 2 aromatic rings. The Morgan fingerprint density at radius 3 is 1.82 bits per heavy atom. The third-order valence-corrected chi connectivity index (χ3v) is 3.99. The van der Waals surface area contributed by atoms with Gasteiger partial charge in [-0.2, -0.15) is 0 Å². The Morgan fingerprint density at radius 2 is 1.39 bits per heavy atom. The summed E-state index contributed by atoms with van der Waals surface area (Å²) < 4.78 is 0. The van der Waals surface area contributed by atoms with Crippen molar-refractivity contribution in [3.63, 3.8) is 0 Å². The Balaban J connectivity index is 0. The Labute approximate surface area is 175 Å². The summed E-state index contributed by atoms with van der Waals surface area (Å²) in [6.45, 7) is 22.3. The summed E-state index contributed by atoms with van der Waals surface area (Å²) in [7, 11) is 0. The average molecular weight is 379 g/mol. The first-order valence-electron chi connectivity index (χ1n) is 10.6. The summed E-state index contributed by atoms with van der Waals surface area (Å²) in [6.07, 6.45) is 9.06. The molecule has 0 aliphatic carbocycles. The van der Waals surface area contributed by atoms with Gasteiger partial charge in [-0.1, -0.05) is 119 Å². The molecule has 0 radical (unpaired) electrons. The van der Waals surface area contributed by atoms with Gasteiger partial charge in [0.05, 0.1) is 0 Å². The van der Waals surface area contributed by atoms with E-state index in [-0.39, 0.29) is 0 Å². The smallest absolute Gasteiger partial charge is 0.0187 e. The van der Waals surface area contributed by atoms with Crippen molar-refractivity contribution in [3.05, 3.63) is 101 Å². The van der Waals surface area contributed by atoms with Crippen LogP contribution < -0.4 is 0 Å². The van der Waals surface area contributed by atoms with Crippen molar-refractivity contribution in [1.82, 2.24) is 0 Å². The topological polar surface area (TPSA) is 0 Å². The molecule has 0 heterocycles. The highest BCUT2D eigenvalue weighted by Crippen LogP contribution is 2.16. The summed E-state index contributed by atoms with van der Waals surface area (Å²) in [5.41, 5.74) is 8.00. The number of hydrogen-bond acceptors (Lipinski definition) is 0. The molecule has 0 nitrogen and oxygen atoms in total. The molecular weight excluding hydrogens is 336 g/mol. The van der Waals surface area contributed by atoms with E-state index in [1.807, 2.05) is 40.7 Å². The highest BCUT2D eigenvalue weighted by Gasteiger charge is 1.95. The lowest BCUT2D eigenvalue weighted by Gasteiger charge is -2.02. The molecule has 0 aromatic heterocycles. The minimum Gasteiger partial charge on any atom is -0.0991 e. The predicted octanol–water partition coefficient (Wildman–Crippen LogP) is 9.06. The molecule has 0 unspecified atom stereocenters. The van der Waals surface area contributed by atoms with E-state index in [2.05, 4.69) is 88.9 Å². The summed E-state index contributed by atoms with van der Waals surface area (Å²) in [5, 5.41) is 0. The molecule has 0 saturated heterocycles. The van der Waals surface area contributed by atoms with Gasteiger partial charge >= 0.3 is 0 Å². The van der Waals surface area contributed by atoms with Crippen LogP contribution in [0, 0.1) is 20.8 Å². The number of rotatable bonds is 4. The van der Waals surface area contributed by atoms with Crippen LogP contribution in [-0.2, 0) is 6.42 Å². The quantitative estimate of drug-likeness (QED) is 0.465. The van der Waals surface area contributed by atoms with Gasteiger partial charge in [-0.3, -0.25) is 0 Å². The van der Waals surface area contributed by atoms with Crippen molar-refractivity contribution in [3.8, 4) is 0 Å². The van der Waals surface area contributed by atoms with Gasteiger partial charge in [-0.15, -0.1) is 0 Å². The molecule has 0 spiro atoms. The van der Waals surface area contributed by atoms with Crippen LogP contribution in [-0.4, -0.2) is 0 Å². The monoisotopic (exact) mass is 378 g/mol. The Hall–Kier alpha value is -2.34. The van der Waals surface area contributed by atoms with Crippen LogP contribution in [0.5, 0.6) is 0 Å². The molecule has 154 valence electrons. The van der Waals surface area contributed by atoms with Gasteiger partial charge in [-0.25, -0.2) is 0 Å². The highest BCUT2D eigenvalue weighted by atomic mass is 14.0. The summed E-state index contributed by atoms with van der Waals surface area (Å²) in [6, 6.07) is 15.1. The minimum absolute atomic E-state index is 1.14. The molecule has 0 fully saturated rings. The maximum absolute atomic E-state index is 3.66. The molecule has 0 aliphatic heterocycles. The molecule has 0 atom stereocenters. The fourth-order valence-corrected chi connectivity index (χ4v) is 2.52. The number of aryl methyl sites for hydroxylation is 4. The first-order valence-corrected chi connectivity index (χ1v) is 10.6. The predicted molar refractivity (Wildman–Crippen MR) is 132 cm³/mol. The van der Waals surface area contributed by atoms with Gasteiger partial charge < -0.3 is 0 Å². The minimum atomic E-state index is 1.14.